The standard InChI is InChI=1S/C16H17F2NO2/c1-10-7-15(20-2)16(21-3)8-14(10)19-9-11-12(17)5-4-6-13(11)18/h4-8,19H,9H2,1-3H3. The van der Waals surface area contributed by atoms with Crippen molar-refractivity contribution in [2.24, 2.45) is 0 Å². The van der Waals surface area contributed by atoms with Crippen LogP contribution in [0, 0.1) is 18.6 Å². The predicted molar refractivity (Wildman–Crippen MR) is 78.0 cm³/mol. The summed E-state index contributed by atoms with van der Waals surface area (Å²) in [7, 11) is 3.09. The lowest BCUT2D eigenvalue weighted by atomic mass is 10.1. The molecule has 0 bridgehead atoms. The van der Waals surface area contributed by atoms with E-state index in [9.17, 15) is 8.78 Å². The molecule has 0 spiro atoms. The minimum atomic E-state index is -0.569. The van der Waals surface area contributed by atoms with Gasteiger partial charge >= 0.3 is 0 Å². The molecule has 2 aromatic carbocycles. The zero-order valence-corrected chi connectivity index (χ0v) is 12.2. The summed E-state index contributed by atoms with van der Waals surface area (Å²) in [6.45, 7) is 1.93. The van der Waals surface area contributed by atoms with Gasteiger partial charge in [-0.2, -0.15) is 0 Å². The molecule has 1 N–H and O–H groups in total. The molecule has 21 heavy (non-hydrogen) atoms. The Morgan fingerprint density at radius 1 is 1.00 bits per heavy atom. The van der Waals surface area contributed by atoms with Crippen LogP contribution in [0.2, 0.25) is 0 Å². The highest BCUT2D eigenvalue weighted by molar-refractivity contribution is 5.60. The summed E-state index contributed by atoms with van der Waals surface area (Å²) in [5.74, 6) is 0.0264. The second-order valence-electron chi connectivity index (χ2n) is 4.58. The maximum absolute atomic E-state index is 13.6. The average Bonchev–Trinajstić information content (AvgIpc) is 2.47. The molecule has 3 nitrogen and oxygen atoms in total. The molecule has 5 heteroatoms. The smallest absolute Gasteiger partial charge is 0.162 e. The van der Waals surface area contributed by atoms with E-state index in [1.165, 1.54) is 25.3 Å². The Morgan fingerprint density at radius 2 is 1.57 bits per heavy atom. The second kappa shape index (κ2) is 6.43. The zero-order chi connectivity index (χ0) is 15.4. The fraction of sp³-hybridized carbons (Fsp3) is 0.250. The molecule has 0 aliphatic heterocycles. The van der Waals surface area contributed by atoms with Gasteiger partial charge in [-0.15, -0.1) is 0 Å². The molecule has 0 heterocycles. The van der Waals surface area contributed by atoms with Gasteiger partial charge in [0, 0.05) is 23.9 Å². The van der Waals surface area contributed by atoms with Gasteiger partial charge in [-0.3, -0.25) is 0 Å². The molecule has 0 unspecified atom stereocenters. The van der Waals surface area contributed by atoms with Crippen molar-refractivity contribution >= 4 is 5.69 Å². The van der Waals surface area contributed by atoms with Gasteiger partial charge in [0.05, 0.1) is 14.2 Å². The molecule has 2 rings (SSSR count). The SMILES string of the molecule is COc1cc(C)c(NCc2c(F)cccc2F)cc1OC. The van der Waals surface area contributed by atoms with Crippen molar-refractivity contribution in [1.82, 2.24) is 0 Å². The molecule has 0 aliphatic rings. The molecule has 0 saturated heterocycles. The number of benzene rings is 2. The summed E-state index contributed by atoms with van der Waals surface area (Å²) in [6.07, 6.45) is 0. The summed E-state index contributed by atoms with van der Waals surface area (Å²) in [4.78, 5) is 0. The monoisotopic (exact) mass is 293 g/mol. The van der Waals surface area contributed by atoms with Crippen LogP contribution in [0.15, 0.2) is 30.3 Å². The quantitative estimate of drug-likeness (QED) is 0.907. The van der Waals surface area contributed by atoms with E-state index in [2.05, 4.69) is 5.32 Å². The van der Waals surface area contributed by atoms with Gasteiger partial charge in [-0.25, -0.2) is 8.78 Å². The van der Waals surface area contributed by atoms with E-state index >= 15 is 0 Å². The summed E-state index contributed by atoms with van der Waals surface area (Å²) in [5, 5.41) is 3.02. The summed E-state index contributed by atoms with van der Waals surface area (Å²) in [5.41, 5.74) is 1.63. The first-order chi connectivity index (χ1) is 10.1. The Labute approximate surface area is 122 Å². The average molecular weight is 293 g/mol. The number of methoxy groups -OCH3 is 2. The number of rotatable bonds is 5. The van der Waals surface area contributed by atoms with E-state index in [4.69, 9.17) is 9.47 Å². The number of ether oxygens (including phenoxy) is 2. The molecule has 0 radical (unpaired) electrons. The second-order valence-corrected chi connectivity index (χ2v) is 4.58. The molecule has 0 aromatic heterocycles. The van der Waals surface area contributed by atoms with Crippen LogP contribution in [-0.2, 0) is 6.54 Å². The largest absolute Gasteiger partial charge is 0.493 e. The van der Waals surface area contributed by atoms with E-state index in [0.717, 1.165) is 11.3 Å². The number of hydrogen-bond acceptors (Lipinski definition) is 3. The first-order valence-corrected chi connectivity index (χ1v) is 6.46. The summed E-state index contributed by atoms with van der Waals surface area (Å²) >= 11 is 0. The van der Waals surface area contributed by atoms with Crippen LogP contribution in [0.3, 0.4) is 0 Å². The summed E-state index contributed by atoms with van der Waals surface area (Å²) in [6, 6.07) is 7.37. The van der Waals surface area contributed by atoms with Crippen LogP contribution in [0.5, 0.6) is 11.5 Å². The van der Waals surface area contributed by atoms with Crippen molar-refractivity contribution < 1.29 is 18.3 Å². The zero-order valence-electron chi connectivity index (χ0n) is 12.2. The van der Waals surface area contributed by atoms with Crippen LogP contribution in [0.25, 0.3) is 0 Å². The molecule has 0 aliphatic carbocycles. The van der Waals surface area contributed by atoms with Gasteiger partial charge in [0.2, 0.25) is 0 Å². The lowest BCUT2D eigenvalue weighted by Gasteiger charge is -2.15. The number of anilines is 1. The maximum Gasteiger partial charge on any atom is 0.162 e. The van der Waals surface area contributed by atoms with Crippen molar-refractivity contribution in [1.29, 1.82) is 0 Å². The van der Waals surface area contributed by atoms with Gasteiger partial charge in [-0.1, -0.05) is 6.07 Å². The van der Waals surface area contributed by atoms with E-state index < -0.39 is 11.6 Å². The molecule has 0 saturated carbocycles. The first-order valence-electron chi connectivity index (χ1n) is 6.46. The fourth-order valence-electron chi connectivity index (χ4n) is 2.06. The van der Waals surface area contributed by atoms with E-state index in [0.29, 0.717) is 11.5 Å². The lowest BCUT2D eigenvalue weighted by molar-refractivity contribution is 0.355. The third kappa shape index (κ3) is 3.24. The van der Waals surface area contributed by atoms with Gasteiger partial charge < -0.3 is 14.8 Å². The highest BCUT2D eigenvalue weighted by Crippen LogP contribution is 2.33. The van der Waals surface area contributed by atoms with Crippen molar-refractivity contribution in [2.45, 2.75) is 13.5 Å². The first kappa shape index (κ1) is 15.1. The lowest BCUT2D eigenvalue weighted by Crippen LogP contribution is -2.06. The Hall–Kier alpha value is -2.30. The summed E-state index contributed by atoms with van der Waals surface area (Å²) < 4.78 is 37.6. The van der Waals surface area contributed by atoms with Gasteiger partial charge in [0.25, 0.3) is 0 Å². The molecule has 2 aromatic rings. The number of aryl methyl sites for hydroxylation is 1. The normalized spacial score (nSPS) is 10.3. The highest BCUT2D eigenvalue weighted by Gasteiger charge is 2.11. The topological polar surface area (TPSA) is 30.5 Å². The van der Waals surface area contributed by atoms with Crippen LogP contribution in [0.1, 0.15) is 11.1 Å². The number of nitrogens with one attached hydrogen (secondary N) is 1. The number of hydrogen-bond donors (Lipinski definition) is 1. The van der Waals surface area contributed by atoms with Crippen LogP contribution >= 0.6 is 0 Å². The highest BCUT2D eigenvalue weighted by atomic mass is 19.1. The van der Waals surface area contributed by atoms with Gasteiger partial charge in [-0.05, 0) is 30.7 Å². The van der Waals surface area contributed by atoms with Crippen molar-refractivity contribution in [2.75, 3.05) is 19.5 Å². The Balaban J connectivity index is 2.24. The Morgan fingerprint density at radius 3 is 2.14 bits per heavy atom. The molecule has 0 amide bonds. The van der Waals surface area contributed by atoms with Crippen LogP contribution < -0.4 is 14.8 Å². The number of halogens is 2. The van der Waals surface area contributed by atoms with Gasteiger partial charge in [0.1, 0.15) is 11.6 Å². The van der Waals surface area contributed by atoms with Crippen LogP contribution in [0.4, 0.5) is 14.5 Å². The Bertz CT molecular complexity index is 624. The van der Waals surface area contributed by atoms with Crippen molar-refractivity contribution in [3.8, 4) is 11.5 Å². The van der Waals surface area contributed by atoms with E-state index in [1.807, 2.05) is 6.92 Å². The van der Waals surface area contributed by atoms with Crippen molar-refractivity contribution in [3.05, 3.63) is 53.1 Å². The minimum Gasteiger partial charge on any atom is -0.493 e. The minimum absolute atomic E-state index is 0.00619. The van der Waals surface area contributed by atoms with Crippen LogP contribution in [-0.4, -0.2) is 14.2 Å². The molecular weight excluding hydrogens is 276 g/mol. The van der Waals surface area contributed by atoms with E-state index in [-0.39, 0.29) is 12.1 Å². The Kier molecular flexibility index (Phi) is 4.62. The molecular formula is C16H17F2NO2. The predicted octanol–water partition coefficient (Wildman–Crippen LogP) is 3.90. The third-order valence-electron chi connectivity index (χ3n) is 3.25. The molecule has 112 valence electrons. The molecule has 0 fully saturated rings. The third-order valence-corrected chi connectivity index (χ3v) is 3.25. The maximum atomic E-state index is 13.6. The van der Waals surface area contributed by atoms with Gasteiger partial charge in [0.15, 0.2) is 11.5 Å². The van der Waals surface area contributed by atoms with E-state index in [1.54, 1.807) is 19.2 Å². The molecule has 0 atom stereocenters. The fourth-order valence-corrected chi connectivity index (χ4v) is 2.06. The van der Waals surface area contributed by atoms with Crippen molar-refractivity contribution in [3.63, 3.8) is 0 Å².